The van der Waals surface area contributed by atoms with Gasteiger partial charge in [-0.25, -0.2) is 4.79 Å². The zero-order chi connectivity index (χ0) is 24.7. The third-order valence-electron chi connectivity index (χ3n) is 3.96. The molecule has 0 fully saturated rings. The number of nitrogens with one attached hydrogen (secondary N) is 2. The molecular weight excluding hydrogens is 410 g/mol. The molecule has 0 bridgehead atoms. The number of rotatable bonds is 6. The molecule has 0 aliphatic heterocycles. The van der Waals surface area contributed by atoms with Gasteiger partial charge in [0.25, 0.3) is 5.91 Å². The zero-order valence-electron chi connectivity index (χ0n) is 19.4. The standard InChI is InChI=1S/C24H31N3O5/c1-9-16-13-11-12-14-17(16)19(20(29)26-23(3,4)5)27(10-2)21(30)18(15-28)25-22(31)32-24(6,7)8/h1-2,11-14,18-19,28H,15H2,3-8H3,(H,25,31)(H,26,29). The third-order valence-corrected chi connectivity index (χ3v) is 3.96. The largest absolute Gasteiger partial charge is 0.444 e. The second-order valence-corrected chi connectivity index (χ2v) is 9.09. The van der Waals surface area contributed by atoms with Crippen LogP contribution in [-0.2, 0) is 14.3 Å². The molecule has 8 heteroatoms. The minimum Gasteiger partial charge on any atom is -0.444 e. The average molecular weight is 442 g/mol. The Kier molecular flexibility index (Phi) is 8.87. The predicted octanol–water partition coefficient (Wildman–Crippen LogP) is 1.93. The molecule has 2 atom stereocenters. The second kappa shape index (κ2) is 10.7. The van der Waals surface area contributed by atoms with Crippen LogP contribution in [0.25, 0.3) is 0 Å². The van der Waals surface area contributed by atoms with Crippen molar-refractivity contribution in [3.63, 3.8) is 0 Å². The predicted molar refractivity (Wildman–Crippen MR) is 121 cm³/mol. The zero-order valence-corrected chi connectivity index (χ0v) is 19.4. The van der Waals surface area contributed by atoms with Gasteiger partial charge in [0.05, 0.1) is 6.61 Å². The van der Waals surface area contributed by atoms with Gasteiger partial charge in [0.2, 0.25) is 5.91 Å². The highest BCUT2D eigenvalue weighted by Crippen LogP contribution is 2.26. The summed E-state index contributed by atoms with van der Waals surface area (Å²) in [5.41, 5.74) is -0.749. The van der Waals surface area contributed by atoms with Gasteiger partial charge >= 0.3 is 6.09 Å². The second-order valence-electron chi connectivity index (χ2n) is 9.09. The summed E-state index contributed by atoms with van der Waals surface area (Å²) in [6.45, 7) is 9.52. The van der Waals surface area contributed by atoms with Crippen molar-refractivity contribution >= 4 is 17.9 Å². The normalized spacial score (nSPS) is 13.0. The molecule has 0 saturated heterocycles. The van der Waals surface area contributed by atoms with Crippen LogP contribution in [0.4, 0.5) is 4.79 Å². The summed E-state index contributed by atoms with van der Waals surface area (Å²) < 4.78 is 5.14. The number of benzene rings is 1. The topological polar surface area (TPSA) is 108 Å². The van der Waals surface area contributed by atoms with E-state index >= 15 is 0 Å². The molecule has 0 saturated carbocycles. The van der Waals surface area contributed by atoms with E-state index in [0.717, 1.165) is 4.90 Å². The summed E-state index contributed by atoms with van der Waals surface area (Å²) >= 11 is 0. The van der Waals surface area contributed by atoms with E-state index in [1.54, 1.807) is 65.8 Å². The fourth-order valence-corrected chi connectivity index (χ4v) is 2.77. The van der Waals surface area contributed by atoms with E-state index in [1.165, 1.54) is 0 Å². The maximum atomic E-state index is 13.2. The summed E-state index contributed by atoms with van der Waals surface area (Å²) in [5.74, 6) is 1.04. The molecule has 0 aliphatic carbocycles. The van der Waals surface area contributed by atoms with Crippen LogP contribution in [0.1, 0.15) is 58.7 Å². The number of nitrogens with zero attached hydrogens (tertiary/aromatic N) is 1. The lowest BCUT2D eigenvalue weighted by atomic mass is 9.97. The van der Waals surface area contributed by atoms with Gasteiger partial charge in [0.15, 0.2) is 0 Å². The van der Waals surface area contributed by atoms with Gasteiger partial charge in [-0.15, -0.1) is 6.42 Å². The Morgan fingerprint density at radius 2 is 1.72 bits per heavy atom. The van der Waals surface area contributed by atoms with Gasteiger partial charge in [0.1, 0.15) is 17.7 Å². The van der Waals surface area contributed by atoms with Crippen LogP contribution in [-0.4, -0.2) is 51.7 Å². The monoisotopic (exact) mass is 441 g/mol. The van der Waals surface area contributed by atoms with Gasteiger partial charge in [-0.1, -0.05) is 30.5 Å². The molecule has 0 spiro atoms. The van der Waals surface area contributed by atoms with Gasteiger partial charge in [-0.05, 0) is 47.6 Å². The highest BCUT2D eigenvalue weighted by Gasteiger charge is 2.37. The van der Waals surface area contributed by atoms with Crippen molar-refractivity contribution < 1.29 is 24.2 Å². The number of ether oxygens (including phenoxy) is 1. The van der Waals surface area contributed by atoms with E-state index in [4.69, 9.17) is 17.6 Å². The number of terminal acetylenes is 2. The Labute approximate surface area is 189 Å². The number of aliphatic hydroxyl groups excluding tert-OH is 1. The molecule has 3 N–H and O–H groups in total. The molecule has 0 aromatic heterocycles. The first-order valence-corrected chi connectivity index (χ1v) is 10.0. The molecule has 8 nitrogen and oxygen atoms in total. The Balaban J connectivity index is 3.40. The Hall–Kier alpha value is -3.49. The van der Waals surface area contributed by atoms with E-state index < -0.39 is 47.7 Å². The minimum absolute atomic E-state index is 0.331. The van der Waals surface area contributed by atoms with Crippen LogP contribution in [0.15, 0.2) is 24.3 Å². The number of carbonyl (C=O) groups excluding carboxylic acids is 3. The highest BCUT2D eigenvalue weighted by molar-refractivity contribution is 5.94. The first-order valence-electron chi connectivity index (χ1n) is 10.0. The summed E-state index contributed by atoms with van der Waals surface area (Å²) in [5, 5.41) is 14.8. The average Bonchev–Trinajstić information content (AvgIpc) is 2.66. The lowest BCUT2D eigenvalue weighted by molar-refractivity contribution is -0.139. The van der Waals surface area contributed by atoms with Gasteiger partial charge < -0.3 is 20.5 Å². The summed E-state index contributed by atoms with van der Waals surface area (Å²) in [7, 11) is 0. The van der Waals surface area contributed by atoms with Crippen molar-refractivity contribution in [3.8, 4) is 24.8 Å². The summed E-state index contributed by atoms with van der Waals surface area (Å²) in [6, 6.07) is 6.04. The van der Waals surface area contributed by atoms with Crippen LogP contribution in [0, 0.1) is 24.8 Å². The number of alkyl carbamates (subject to hydrolysis) is 1. The first-order chi connectivity index (χ1) is 14.7. The molecule has 3 amide bonds. The van der Waals surface area contributed by atoms with E-state index in [2.05, 4.69) is 22.6 Å². The van der Waals surface area contributed by atoms with Crippen LogP contribution in [0.3, 0.4) is 0 Å². The molecule has 0 aliphatic rings. The first kappa shape index (κ1) is 26.5. The Morgan fingerprint density at radius 3 is 2.19 bits per heavy atom. The number of aliphatic hydroxyl groups is 1. The van der Waals surface area contributed by atoms with Crippen molar-refractivity contribution in [2.45, 2.75) is 64.8 Å². The molecule has 0 radical (unpaired) electrons. The molecule has 2 unspecified atom stereocenters. The maximum Gasteiger partial charge on any atom is 0.408 e. The molecule has 1 aromatic rings. The number of hydrogen-bond acceptors (Lipinski definition) is 5. The van der Waals surface area contributed by atoms with Crippen molar-refractivity contribution in [3.05, 3.63) is 35.4 Å². The molecular formula is C24H31N3O5. The number of hydrogen-bond donors (Lipinski definition) is 3. The smallest absolute Gasteiger partial charge is 0.408 e. The van der Waals surface area contributed by atoms with Crippen molar-refractivity contribution in [2.24, 2.45) is 0 Å². The molecule has 1 aromatic carbocycles. The maximum absolute atomic E-state index is 13.2. The number of carbonyl (C=O) groups is 3. The van der Waals surface area contributed by atoms with E-state index in [0.29, 0.717) is 11.1 Å². The van der Waals surface area contributed by atoms with Crippen molar-refractivity contribution in [2.75, 3.05) is 6.61 Å². The third kappa shape index (κ3) is 7.64. The Bertz CT molecular complexity index is 929. The molecule has 172 valence electrons. The van der Waals surface area contributed by atoms with Crippen LogP contribution >= 0.6 is 0 Å². The van der Waals surface area contributed by atoms with E-state index in [9.17, 15) is 19.5 Å². The van der Waals surface area contributed by atoms with Crippen molar-refractivity contribution in [1.82, 2.24) is 15.5 Å². The SMILES string of the molecule is C#Cc1ccccc1C(C(=O)NC(C)(C)C)N(C#C)C(=O)C(CO)NC(=O)OC(C)(C)C. The van der Waals surface area contributed by atoms with E-state index in [1.807, 2.05) is 0 Å². The molecule has 0 heterocycles. The minimum atomic E-state index is -1.44. The van der Waals surface area contributed by atoms with Gasteiger partial charge in [-0.2, -0.15) is 0 Å². The van der Waals surface area contributed by atoms with E-state index in [-0.39, 0.29) is 0 Å². The van der Waals surface area contributed by atoms with Crippen LogP contribution in [0.2, 0.25) is 0 Å². The highest BCUT2D eigenvalue weighted by atomic mass is 16.6. The molecule has 32 heavy (non-hydrogen) atoms. The van der Waals surface area contributed by atoms with Gasteiger partial charge in [0, 0.05) is 22.7 Å². The number of amides is 3. The fourth-order valence-electron chi connectivity index (χ4n) is 2.77. The lowest BCUT2D eigenvalue weighted by Crippen LogP contribution is -2.54. The Morgan fingerprint density at radius 1 is 1.12 bits per heavy atom. The quantitative estimate of drug-likeness (QED) is 0.462. The van der Waals surface area contributed by atoms with Gasteiger partial charge in [-0.3, -0.25) is 14.5 Å². The molecule has 1 rings (SSSR count). The fraction of sp³-hybridized carbons (Fsp3) is 0.458. The van der Waals surface area contributed by atoms with Crippen molar-refractivity contribution in [1.29, 1.82) is 0 Å². The van der Waals surface area contributed by atoms with Crippen LogP contribution in [0.5, 0.6) is 0 Å². The lowest BCUT2D eigenvalue weighted by Gasteiger charge is -2.32. The summed E-state index contributed by atoms with van der Waals surface area (Å²) in [4.78, 5) is 39.4. The van der Waals surface area contributed by atoms with Crippen LogP contribution < -0.4 is 10.6 Å². The summed E-state index contributed by atoms with van der Waals surface area (Å²) in [6.07, 6.45) is 10.3.